The van der Waals surface area contributed by atoms with Crippen molar-refractivity contribution in [2.24, 2.45) is 4.99 Å². The summed E-state index contributed by atoms with van der Waals surface area (Å²) in [6, 6.07) is 3.76. The molecule has 4 radical (unpaired) electrons. The molecule has 0 amide bonds. The highest BCUT2D eigenvalue weighted by Crippen LogP contribution is 2.30. The molecule has 5 nitrogen and oxygen atoms in total. The van der Waals surface area contributed by atoms with Gasteiger partial charge in [0.05, 0.1) is 21.1 Å². The summed E-state index contributed by atoms with van der Waals surface area (Å²) in [5, 5.41) is 9.00. The van der Waals surface area contributed by atoms with Crippen molar-refractivity contribution in [2.45, 2.75) is 18.7 Å². The molecule has 0 spiro atoms. The molecule has 0 atom stereocenters. The highest BCUT2D eigenvalue weighted by Gasteiger charge is 2.25. The van der Waals surface area contributed by atoms with Gasteiger partial charge in [0, 0.05) is 19.2 Å². The second kappa shape index (κ2) is 7.31. The number of nitro benzene ring substituents is 1. The summed E-state index contributed by atoms with van der Waals surface area (Å²) < 4.78 is 5.44. The van der Waals surface area contributed by atoms with Gasteiger partial charge < -0.3 is 4.74 Å². The first-order chi connectivity index (χ1) is 9.81. The van der Waals surface area contributed by atoms with E-state index in [0.717, 1.165) is 12.5 Å². The van der Waals surface area contributed by atoms with E-state index in [2.05, 4.69) is 4.99 Å². The van der Waals surface area contributed by atoms with E-state index in [9.17, 15) is 10.1 Å². The smallest absolute Gasteiger partial charge is 0.271 e. The van der Waals surface area contributed by atoms with Crippen LogP contribution in [-0.4, -0.2) is 38.8 Å². The summed E-state index contributed by atoms with van der Waals surface area (Å²) >= 11 is 5.93. The fourth-order valence-electron chi connectivity index (χ4n) is 1.53. The molecule has 0 aliphatic heterocycles. The fourth-order valence-corrected chi connectivity index (χ4v) is 1.74. The number of hydrogen-bond acceptors (Lipinski definition) is 4. The maximum atomic E-state index is 10.7. The van der Waals surface area contributed by atoms with Gasteiger partial charge in [-0.3, -0.25) is 15.1 Å². The molecule has 1 aromatic rings. The molecule has 0 aliphatic carbocycles. The lowest BCUT2D eigenvalue weighted by molar-refractivity contribution is -0.384. The van der Waals surface area contributed by atoms with Crippen LogP contribution < -0.4 is 4.74 Å². The number of hydrogen-bond donors (Lipinski definition) is 0. The van der Waals surface area contributed by atoms with Crippen molar-refractivity contribution in [3.8, 4) is 5.75 Å². The van der Waals surface area contributed by atoms with Crippen molar-refractivity contribution in [1.29, 1.82) is 0 Å². The Kier molecular flexibility index (Phi) is 6.03. The summed E-state index contributed by atoms with van der Waals surface area (Å²) in [6.07, 6.45) is 4.27. The zero-order valence-corrected chi connectivity index (χ0v) is 12.5. The van der Waals surface area contributed by atoms with Crippen LogP contribution in [0.5, 0.6) is 5.75 Å². The minimum atomic E-state index is -1.69. The Morgan fingerprint density at radius 1 is 1.57 bits per heavy atom. The molecule has 0 heterocycles. The molecule has 21 heavy (non-hydrogen) atoms. The lowest BCUT2D eigenvalue weighted by Gasteiger charge is -2.28. The fraction of sp³-hybridized carbons (Fsp3) is 0.308. The SMILES string of the molecule is [B]C([B])(Oc1ccc([N+](=O)[O-])cc1Cl)C(/C=C\CC)=NC. The third-order valence-electron chi connectivity index (χ3n) is 2.56. The molecule has 8 heteroatoms. The highest BCUT2D eigenvalue weighted by atomic mass is 35.5. The van der Waals surface area contributed by atoms with Crippen LogP contribution in [0, 0.1) is 10.1 Å². The summed E-state index contributed by atoms with van der Waals surface area (Å²) in [6.45, 7) is 1.95. The van der Waals surface area contributed by atoms with Crippen molar-refractivity contribution in [2.75, 3.05) is 7.05 Å². The Hall–Kier alpha value is -1.75. The minimum Gasteiger partial charge on any atom is -0.499 e. The van der Waals surface area contributed by atoms with Gasteiger partial charge in [-0.25, -0.2) is 0 Å². The topological polar surface area (TPSA) is 64.7 Å². The zero-order chi connectivity index (χ0) is 16.0. The molecule has 1 aromatic carbocycles. The van der Waals surface area contributed by atoms with Crippen LogP contribution in [0.4, 0.5) is 5.69 Å². The number of allylic oxidation sites excluding steroid dienone is 1. The van der Waals surface area contributed by atoms with E-state index < -0.39 is 10.3 Å². The average molecular weight is 302 g/mol. The molecular weight excluding hydrogens is 289 g/mol. The van der Waals surface area contributed by atoms with Gasteiger partial charge in [0.1, 0.15) is 21.4 Å². The van der Waals surface area contributed by atoms with Crippen LogP contribution >= 0.6 is 11.6 Å². The van der Waals surface area contributed by atoms with E-state index in [1.54, 1.807) is 6.08 Å². The molecule has 0 saturated carbocycles. The van der Waals surface area contributed by atoms with Gasteiger partial charge in [0.2, 0.25) is 0 Å². The number of benzene rings is 1. The van der Waals surface area contributed by atoms with Crippen LogP contribution in [0.2, 0.25) is 5.02 Å². The average Bonchev–Trinajstić information content (AvgIpc) is 2.41. The third-order valence-corrected chi connectivity index (χ3v) is 2.85. The van der Waals surface area contributed by atoms with Crippen molar-refractivity contribution >= 4 is 38.7 Å². The van der Waals surface area contributed by atoms with Crippen molar-refractivity contribution in [3.63, 3.8) is 0 Å². The van der Waals surface area contributed by atoms with E-state index in [0.29, 0.717) is 5.71 Å². The number of ether oxygens (including phenoxy) is 1. The molecular formula is C13H13B2ClN2O3. The molecule has 0 saturated heterocycles. The normalized spacial score (nSPS) is 12.6. The molecule has 0 aromatic heterocycles. The monoisotopic (exact) mass is 302 g/mol. The lowest BCUT2D eigenvalue weighted by Crippen LogP contribution is -2.45. The predicted molar refractivity (Wildman–Crippen MR) is 85.8 cm³/mol. The van der Waals surface area contributed by atoms with Gasteiger partial charge in [0.25, 0.3) is 5.69 Å². The van der Waals surface area contributed by atoms with E-state index in [1.807, 2.05) is 13.0 Å². The Bertz CT molecular complexity index is 589. The largest absolute Gasteiger partial charge is 0.499 e. The number of aliphatic imine (C=N–C) groups is 1. The van der Waals surface area contributed by atoms with Crippen LogP contribution in [0.3, 0.4) is 0 Å². The minimum absolute atomic E-state index is 0.0411. The molecule has 106 valence electrons. The van der Waals surface area contributed by atoms with E-state index in [1.165, 1.54) is 19.2 Å². The van der Waals surface area contributed by atoms with Gasteiger partial charge >= 0.3 is 0 Å². The molecule has 0 bridgehead atoms. The Morgan fingerprint density at radius 2 is 2.24 bits per heavy atom. The van der Waals surface area contributed by atoms with Crippen LogP contribution in [0.15, 0.2) is 35.3 Å². The quantitative estimate of drug-likeness (QED) is 0.351. The van der Waals surface area contributed by atoms with Crippen molar-refractivity contribution in [1.82, 2.24) is 0 Å². The van der Waals surface area contributed by atoms with Crippen molar-refractivity contribution < 1.29 is 9.66 Å². The first-order valence-electron chi connectivity index (χ1n) is 6.16. The first kappa shape index (κ1) is 17.3. The number of halogens is 1. The Morgan fingerprint density at radius 3 is 2.71 bits per heavy atom. The third kappa shape index (κ3) is 4.63. The van der Waals surface area contributed by atoms with Crippen molar-refractivity contribution in [3.05, 3.63) is 45.5 Å². The van der Waals surface area contributed by atoms with Gasteiger partial charge in [-0.05, 0) is 18.6 Å². The zero-order valence-electron chi connectivity index (χ0n) is 11.7. The number of rotatable bonds is 6. The number of nitrogens with zero attached hydrogens (tertiary/aromatic N) is 2. The van der Waals surface area contributed by atoms with Crippen LogP contribution in [-0.2, 0) is 0 Å². The standard InChI is InChI=1S/C13H13B2ClN2O3/c1-3-4-5-12(17-2)13(14,15)21-11-7-6-9(18(19)20)8-10(11)16/h4-8H,3H2,1-2H3/b5-4-,17-12?. The van der Waals surface area contributed by atoms with Gasteiger partial charge in [0.15, 0.2) is 0 Å². The van der Waals surface area contributed by atoms with Crippen LogP contribution in [0.25, 0.3) is 0 Å². The molecule has 0 fully saturated rings. The van der Waals surface area contributed by atoms with E-state index in [-0.39, 0.29) is 16.5 Å². The molecule has 0 N–H and O–H groups in total. The van der Waals surface area contributed by atoms with Gasteiger partial charge in [-0.2, -0.15) is 0 Å². The molecule has 1 rings (SSSR count). The Labute approximate surface area is 131 Å². The van der Waals surface area contributed by atoms with E-state index >= 15 is 0 Å². The number of nitro groups is 1. The summed E-state index contributed by atoms with van der Waals surface area (Å²) in [5.74, 6) is 0.137. The summed E-state index contributed by atoms with van der Waals surface area (Å²) in [4.78, 5) is 14.1. The van der Waals surface area contributed by atoms with E-state index in [4.69, 9.17) is 32.0 Å². The molecule has 0 aliphatic rings. The first-order valence-corrected chi connectivity index (χ1v) is 6.54. The maximum Gasteiger partial charge on any atom is 0.271 e. The second-order valence-corrected chi connectivity index (χ2v) is 4.59. The number of non-ortho nitro benzene ring substituents is 1. The van der Waals surface area contributed by atoms with Gasteiger partial charge in [-0.1, -0.05) is 24.6 Å². The predicted octanol–water partition coefficient (Wildman–Crippen LogP) is 2.65. The highest BCUT2D eigenvalue weighted by molar-refractivity contribution is 6.52. The molecule has 0 unspecified atom stereocenters. The maximum absolute atomic E-state index is 10.7. The lowest BCUT2D eigenvalue weighted by atomic mass is 9.62. The second-order valence-electron chi connectivity index (χ2n) is 4.19. The summed E-state index contributed by atoms with van der Waals surface area (Å²) in [5.41, 5.74) is 0.168. The van der Waals surface area contributed by atoms with Crippen LogP contribution in [0.1, 0.15) is 13.3 Å². The summed E-state index contributed by atoms with van der Waals surface area (Å²) in [7, 11) is 13.3. The van der Waals surface area contributed by atoms with Gasteiger partial charge in [-0.15, -0.1) is 0 Å². The Balaban J connectivity index is 3.03.